The van der Waals surface area contributed by atoms with Crippen LogP contribution in [0.1, 0.15) is 103 Å². The molecule has 0 aromatic carbocycles. The molecule has 3 aliphatic rings. The van der Waals surface area contributed by atoms with Gasteiger partial charge in [0.05, 0.1) is 12.6 Å². The SMILES string of the molecule is CCCCCCCCCCCCCCCC(=O)NCC1OC(OC2C(N)C[C@H](N)C(OC3OC(CO)C(O)C(N)C3O)C2O)C(O)C(O)C1O. The number of hydrogen-bond acceptors (Lipinski definition) is 15. The van der Waals surface area contributed by atoms with Crippen molar-refractivity contribution in [3.8, 4) is 0 Å². The van der Waals surface area contributed by atoms with Gasteiger partial charge in [-0.3, -0.25) is 4.79 Å². The molecule has 2 saturated heterocycles. The van der Waals surface area contributed by atoms with Crippen molar-refractivity contribution in [2.75, 3.05) is 13.2 Å². The van der Waals surface area contributed by atoms with Crippen molar-refractivity contribution in [3.05, 3.63) is 0 Å². The molecule has 3 rings (SSSR count). The molecule has 294 valence electrons. The summed E-state index contributed by atoms with van der Waals surface area (Å²) in [5.74, 6) is -0.233. The van der Waals surface area contributed by atoms with Gasteiger partial charge in [0.15, 0.2) is 12.6 Å². The van der Waals surface area contributed by atoms with E-state index in [1.807, 2.05) is 0 Å². The molecule has 0 aromatic rings. The van der Waals surface area contributed by atoms with Crippen LogP contribution in [0.2, 0.25) is 0 Å². The average Bonchev–Trinajstić information content (AvgIpc) is 3.09. The van der Waals surface area contributed by atoms with Crippen molar-refractivity contribution >= 4 is 5.91 Å². The Bertz CT molecular complexity index is 956. The molecule has 1 saturated carbocycles. The smallest absolute Gasteiger partial charge is 0.220 e. The number of carbonyl (C=O) groups excluding carboxylic acids is 1. The molecule has 14 unspecified atom stereocenters. The maximum absolute atomic E-state index is 12.5. The fraction of sp³-hybridized carbons (Fsp3) is 0.971. The highest BCUT2D eigenvalue weighted by Crippen LogP contribution is 2.31. The van der Waals surface area contributed by atoms with Crippen molar-refractivity contribution in [2.45, 2.75) is 195 Å². The molecule has 2 heterocycles. The summed E-state index contributed by atoms with van der Waals surface area (Å²) in [6, 6.07) is -2.97. The lowest BCUT2D eigenvalue weighted by Gasteiger charge is -2.48. The first-order valence-electron chi connectivity index (χ1n) is 18.8. The van der Waals surface area contributed by atoms with E-state index < -0.39 is 98.4 Å². The second kappa shape index (κ2) is 22.2. The van der Waals surface area contributed by atoms with Crippen LogP contribution >= 0.6 is 0 Å². The summed E-state index contributed by atoms with van der Waals surface area (Å²) in [6.45, 7) is 1.46. The summed E-state index contributed by atoms with van der Waals surface area (Å²) in [5, 5.41) is 76.0. The fourth-order valence-corrected chi connectivity index (χ4v) is 6.98. The number of carbonyl (C=O) groups is 1. The van der Waals surface area contributed by atoms with Crippen LogP contribution in [0.5, 0.6) is 0 Å². The zero-order valence-corrected chi connectivity index (χ0v) is 29.6. The molecule has 0 aromatic heterocycles. The Hall–Kier alpha value is -1.09. The third kappa shape index (κ3) is 12.5. The van der Waals surface area contributed by atoms with Gasteiger partial charge in [0, 0.05) is 25.0 Å². The minimum Gasteiger partial charge on any atom is -0.394 e. The van der Waals surface area contributed by atoms with Crippen LogP contribution in [-0.2, 0) is 23.7 Å². The number of amides is 1. The van der Waals surface area contributed by atoms with Crippen LogP contribution in [-0.4, -0.2) is 147 Å². The van der Waals surface area contributed by atoms with E-state index >= 15 is 0 Å². The molecule has 15 atom stereocenters. The van der Waals surface area contributed by atoms with Gasteiger partial charge in [-0.2, -0.15) is 0 Å². The summed E-state index contributed by atoms with van der Waals surface area (Å²) in [6.07, 6.45) is -1.33. The summed E-state index contributed by atoms with van der Waals surface area (Å²) in [5.41, 5.74) is 18.3. The van der Waals surface area contributed by atoms with E-state index in [4.69, 9.17) is 36.1 Å². The highest BCUT2D eigenvalue weighted by molar-refractivity contribution is 5.75. The molecule has 16 heteroatoms. The van der Waals surface area contributed by atoms with Crippen LogP contribution in [0, 0.1) is 0 Å². The van der Waals surface area contributed by atoms with Gasteiger partial charge in [0.1, 0.15) is 61.0 Å². The lowest BCUT2D eigenvalue weighted by atomic mass is 9.84. The first-order chi connectivity index (χ1) is 23.9. The lowest BCUT2D eigenvalue weighted by Crippen LogP contribution is -2.68. The number of hydrogen-bond donors (Lipinski definition) is 11. The maximum Gasteiger partial charge on any atom is 0.220 e. The van der Waals surface area contributed by atoms with Crippen LogP contribution in [0.25, 0.3) is 0 Å². The van der Waals surface area contributed by atoms with Gasteiger partial charge in [0.2, 0.25) is 5.91 Å². The number of rotatable bonds is 21. The molecule has 14 N–H and O–H groups in total. The second-order valence-corrected chi connectivity index (χ2v) is 14.4. The molecule has 0 spiro atoms. The van der Waals surface area contributed by atoms with Gasteiger partial charge in [-0.15, -0.1) is 0 Å². The van der Waals surface area contributed by atoms with E-state index in [0.717, 1.165) is 25.7 Å². The first kappa shape index (κ1) is 43.3. The summed E-state index contributed by atoms with van der Waals surface area (Å²) in [7, 11) is 0. The zero-order chi connectivity index (χ0) is 36.8. The molecular weight excluding hydrogens is 656 g/mol. The predicted octanol–water partition coefficient (Wildman–Crippen LogP) is -1.65. The largest absolute Gasteiger partial charge is 0.394 e. The van der Waals surface area contributed by atoms with E-state index in [-0.39, 0.29) is 18.9 Å². The number of unbranched alkanes of at least 4 members (excludes halogenated alkanes) is 12. The highest BCUT2D eigenvalue weighted by Gasteiger charge is 2.51. The number of aliphatic hydroxyl groups excluding tert-OH is 7. The minimum absolute atomic E-state index is 0.0555. The molecule has 16 nitrogen and oxygen atoms in total. The van der Waals surface area contributed by atoms with Crippen molar-refractivity contribution < 1.29 is 59.5 Å². The second-order valence-electron chi connectivity index (χ2n) is 14.4. The molecule has 50 heavy (non-hydrogen) atoms. The van der Waals surface area contributed by atoms with Crippen molar-refractivity contribution in [1.82, 2.24) is 5.32 Å². The van der Waals surface area contributed by atoms with Crippen molar-refractivity contribution in [1.29, 1.82) is 0 Å². The Balaban J connectivity index is 1.43. The third-order valence-corrected chi connectivity index (χ3v) is 10.3. The van der Waals surface area contributed by atoms with Gasteiger partial charge in [0.25, 0.3) is 0 Å². The van der Waals surface area contributed by atoms with E-state index in [9.17, 15) is 40.5 Å². The number of aliphatic hydroxyl groups is 7. The lowest BCUT2D eigenvalue weighted by molar-refractivity contribution is -0.332. The van der Waals surface area contributed by atoms with Gasteiger partial charge < -0.3 is 77.2 Å². The van der Waals surface area contributed by atoms with Crippen LogP contribution in [0.15, 0.2) is 0 Å². The van der Waals surface area contributed by atoms with Crippen LogP contribution < -0.4 is 22.5 Å². The monoisotopic (exact) mass is 722 g/mol. The van der Waals surface area contributed by atoms with E-state index in [1.54, 1.807) is 0 Å². The molecule has 2 aliphatic heterocycles. The molecule has 0 radical (unpaired) electrons. The molecular formula is C34H66N4O12. The maximum atomic E-state index is 12.5. The number of nitrogens with one attached hydrogen (secondary N) is 1. The average molecular weight is 723 g/mol. The highest BCUT2D eigenvalue weighted by atomic mass is 16.7. The normalized spacial score (nSPS) is 39.4. The summed E-state index contributed by atoms with van der Waals surface area (Å²) < 4.78 is 22.9. The molecule has 1 amide bonds. The molecule has 0 bridgehead atoms. The van der Waals surface area contributed by atoms with E-state index in [2.05, 4.69) is 12.2 Å². The minimum atomic E-state index is -1.73. The standard InChI is InChI=1S/C34H66N4O12/c1-2-3-4-5-6-7-8-9-10-11-12-13-14-15-23(40)38-17-21-26(42)28(44)29(45)34(47-21)50-32-20(36)16-19(35)31(30(32)46)49-33-27(43)24(37)25(41)22(18-39)48-33/h19-22,24-34,39,41-46H,2-18,35-37H2,1H3,(H,38,40)/t19-,20?,21?,22?,24?,25?,26?,27?,28?,29?,30?,31?,32?,33?,34?/m0/s1. The van der Waals surface area contributed by atoms with Crippen molar-refractivity contribution in [3.63, 3.8) is 0 Å². The molecule has 3 fully saturated rings. The third-order valence-electron chi connectivity index (χ3n) is 10.3. The Labute approximate surface area is 296 Å². The Kier molecular flexibility index (Phi) is 19.2. The predicted molar refractivity (Wildman–Crippen MR) is 182 cm³/mol. The van der Waals surface area contributed by atoms with Crippen molar-refractivity contribution in [2.24, 2.45) is 17.2 Å². The van der Waals surface area contributed by atoms with Gasteiger partial charge in [-0.25, -0.2) is 0 Å². The Morgan fingerprint density at radius 2 is 1.12 bits per heavy atom. The zero-order valence-electron chi connectivity index (χ0n) is 29.6. The van der Waals surface area contributed by atoms with E-state index in [0.29, 0.717) is 6.42 Å². The molecule has 1 aliphatic carbocycles. The van der Waals surface area contributed by atoms with E-state index in [1.165, 1.54) is 57.8 Å². The van der Waals surface area contributed by atoms with Gasteiger partial charge in [-0.05, 0) is 12.8 Å². The summed E-state index contributed by atoms with van der Waals surface area (Å²) in [4.78, 5) is 12.5. The fourth-order valence-electron chi connectivity index (χ4n) is 6.98. The first-order valence-corrected chi connectivity index (χ1v) is 18.8. The van der Waals surface area contributed by atoms with Gasteiger partial charge in [-0.1, -0.05) is 84.0 Å². The number of ether oxygens (including phenoxy) is 4. The Morgan fingerprint density at radius 3 is 1.64 bits per heavy atom. The quantitative estimate of drug-likeness (QED) is 0.0592. The summed E-state index contributed by atoms with van der Waals surface area (Å²) >= 11 is 0. The topological polar surface area (TPSA) is 286 Å². The van der Waals surface area contributed by atoms with Gasteiger partial charge >= 0.3 is 0 Å². The van der Waals surface area contributed by atoms with Crippen LogP contribution in [0.4, 0.5) is 0 Å². The number of nitrogens with two attached hydrogens (primary N) is 3. The van der Waals surface area contributed by atoms with Crippen LogP contribution in [0.3, 0.4) is 0 Å². The Morgan fingerprint density at radius 1 is 0.640 bits per heavy atom.